The van der Waals surface area contributed by atoms with Gasteiger partial charge in [0, 0.05) is 34.8 Å². The van der Waals surface area contributed by atoms with E-state index in [4.69, 9.17) is 4.98 Å². The molecular weight excluding hydrogens is 409 g/mol. The molecule has 7 nitrogen and oxygen atoms in total. The number of carboxylic acids is 1. The Labute approximate surface area is 184 Å². The molecule has 3 aromatic heterocycles. The molecular formula is C24H24FN5O2. The molecule has 0 fully saturated rings. The summed E-state index contributed by atoms with van der Waals surface area (Å²) in [7, 11) is 0. The zero-order valence-corrected chi connectivity index (χ0v) is 18.1. The van der Waals surface area contributed by atoms with E-state index in [9.17, 15) is 14.3 Å². The molecule has 0 bridgehead atoms. The number of pyridine rings is 1. The maximum absolute atomic E-state index is 13.9. The number of aromatic nitrogens is 4. The molecule has 0 aliphatic heterocycles. The van der Waals surface area contributed by atoms with Crippen LogP contribution in [0.5, 0.6) is 0 Å². The molecule has 0 aliphatic carbocycles. The van der Waals surface area contributed by atoms with Crippen molar-refractivity contribution < 1.29 is 14.3 Å². The average molecular weight is 433 g/mol. The number of benzene rings is 1. The molecule has 0 amide bonds. The largest absolute Gasteiger partial charge is 0.481 e. The maximum Gasteiger partial charge on any atom is 0.305 e. The smallest absolute Gasteiger partial charge is 0.305 e. The lowest BCUT2D eigenvalue weighted by Crippen LogP contribution is -2.36. The molecule has 3 N–H and O–H groups in total. The van der Waals surface area contributed by atoms with E-state index in [0.717, 1.165) is 11.8 Å². The molecule has 0 spiro atoms. The van der Waals surface area contributed by atoms with Gasteiger partial charge in [0.25, 0.3) is 0 Å². The van der Waals surface area contributed by atoms with Gasteiger partial charge in [-0.2, -0.15) is 0 Å². The third-order valence-corrected chi connectivity index (χ3v) is 5.28. The van der Waals surface area contributed by atoms with Crippen molar-refractivity contribution in [2.45, 2.75) is 33.2 Å². The highest BCUT2D eigenvalue weighted by Crippen LogP contribution is 2.31. The minimum atomic E-state index is -0.895. The number of aliphatic carboxylic acids is 1. The van der Waals surface area contributed by atoms with Gasteiger partial charge in [-0.15, -0.1) is 0 Å². The number of hydrogen-bond acceptors (Lipinski definition) is 5. The van der Waals surface area contributed by atoms with Gasteiger partial charge in [0.2, 0.25) is 0 Å². The van der Waals surface area contributed by atoms with Crippen LogP contribution in [0.3, 0.4) is 0 Å². The highest BCUT2D eigenvalue weighted by molar-refractivity contribution is 5.92. The number of fused-ring (bicyclic) bond motifs is 1. The van der Waals surface area contributed by atoms with Crippen LogP contribution in [0.4, 0.5) is 10.2 Å². The van der Waals surface area contributed by atoms with Crippen molar-refractivity contribution in [3.05, 3.63) is 60.7 Å². The van der Waals surface area contributed by atoms with Gasteiger partial charge in [-0.05, 0) is 11.5 Å². The molecule has 0 aliphatic rings. The second kappa shape index (κ2) is 8.37. The Morgan fingerprint density at radius 2 is 1.94 bits per heavy atom. The van der Waals surface area contributed by atoms with E-state index in [1.165, 1.54) is 6.07 Å². The molecule has 1 aromatic carbocycles. The first-order valence-electron chi connectivity index (χ1n) is 10.3. The van der Waals surface area contributed by atoms with Crippen molar-refractivity contribution in [2.24, 2.45) is 5.41 Å². The van der Waals surface area contributed by atoms with E-state index >= 15 is 0 Å². The van der Waals surface area contributed by atoms with Crippen LogP contribution < -0.4 is 5.32 Å². The van der Waals surface area contributed by atoms with Gasteiger partial charge < -0.3 is 15.4 Å². The number of aromatic amines is 1. The Morgan fingerprint density at radius 1 is 1.19 bits per heavy atom. The summed E-state index contributed by atoms with van der Waals surface area (Å²) in [5, 5.41) is 13.2. The molecule has 8 heteroatoms. The molecule has 0 radical (unpaired) electrons. The minimum Gasteiger partial charge on any atom is -0.481 e. The fourth-order valence-electron chi connectivity index (χ4n) is 3.49. The van der Waals surface area contributed by atoms with Crippen LogP contribution in [0.15, 0.2) is 54.9 Å². The number of H-pyrrole nitrogens is 1. The first-order valence-corrected chi connectivity index (χ1v) is 10.3. The van der Waals surface area contributed by atoms with E-state index in [1.54, 1.807) is 12.3 Å². The molecule has 4 aromatic rings. The Bertz CT molecular complexity index is 1260. The van der Waals surface area contributed by atoms with Crippen molar-refractivity contribution in [1.82, 2.24) is 19.9 Å². The average Bonchev–Trinajstić information content (AvgIpc) is 3.16. The van der Waals surface area contributed by atoms with Gasteiger partial charge in [0.15, 0.2) is 5.82 Å². The van der Waals surface area contributed by atoms with E-state index < -0.39 is 11.8 Å². The van der Waals surface area contributed by atoms with Crippen LogP contribution in [0.25, 0.3) is 33.7 Å². The first-order chi connectivity index (χ1) is 15.2. The Hall–Kier alpha value is -3.81. The summed E-state index contributed by atoms with van der Waals surface area (Å²) in [4.78, 5) is 27.9. The standard InChI is InChI=1S/C24H24FN5O2/c1-24(2,3)19(11-21(31)32)29-20-10-18(14-7-5-4-6-8-14)28-23(30-20)17-13-27-22-16(17)9-15(25)12-26-22/h4-10,12-13,19H,11H2,1-3H3,(H,26,27)(H,31,32)(H,28,29,30). The number of halogens is 1. The van der Waals surface area contributed by atoms with E-state index in [-0.39, 0.29) is 17.9 Å². The minimum absolute atomic E-state index is 0.0638. The lowest BCUT2D eigenvalue weighted by Gasteiger charge is -2.31. The molecule has 4 rings (SSSR count). The number of rotatable bonds is 6. The van der Waals surface area contributed by atoms with Gasteiger partial charge in [-0.25, -0.2) is 19.3 Å². The Balaban J connectivity index is 1.85. The van der Waals surface area contributed by atoms with E-state index in [1.807, 2.05) is 51.1 Å². The maximum atomic E-state index is 13.9. The summed E-state index contributed by atoms with van der Waals surface area (Å²) in [6, 6.07) is 12.4. The molecule has 0 saturated carbocycles. The third kappa shape index (κ3) is 4.59. The fraction of sp³-hybridized carbons (Fsp3) is 0.250. The zero-order chi connectivity index (χ0) is 22.9. The Kier molecular flexibility index (Phi) is 5.61. The summed E-state index contributed by atoms with van der Waals surface area (Å²) in [5.41, 5.74) is 2.36. The number of nitrogens with one attached hydrogen (secondary N) is 2. The molecule has 3 heterocycles. The summed E-state index contributed by atoms with van der Waals surface area (Å²) >= 11 is 0. The van der Waals surface area contributed by atoms with Gasteiger partial charge >= 0.3 is 5.97 Å². The van der Waals surface area contributed by atoms with Crippen molar-refractivity contribution in [3.8, 4) is 22.6 Å². The number of carboxylic acid groups (broad SMARTS) is 1. The predicted molar refractivity (Wildman–Crippen MR) is 122 cm³/mol. The van der Waals surface area contributed by atoms with Gasteiger partial charge in [0.1, 0.15) is 17.3 Å². The third-order valence-electron chi connectivity index (χ3n) is 5.28. The fourth-order valence-corrected chi connectivity index (χ4v) is 3.49. The summed E-state index contributed by atoms with van der Waals surface area (Å²) in [6.45, 7) is 5.92. The van der Waals surface area contributed by atoms with Crippen LogP contribution in [0.1, 0.15) is 27.2 Å². The molecule has 164 valence electrons. The number of hydrogen-bond donors (Lipinski definition) is 3. The highest BCUT2D eigenvalue weighted by Gasteiger charge is 2.28. The van der Waals surface area contributed by atoms with Crippen LogP contribution in [0.2, 0.25) is 0 Å². The molecule has 1 atom stereocenters. The van der Waals surface area contributed by atoms with Crippen molar-refractivity contribution >= 4 is 22.8 Å². The molecule has 1 unspecified atom stereocenters. The Morgan fingerprint density at radius 3 is 2.62 bits per heavy atom. The predicted octanol–water partition coefficient (Wildman–Crippen LogP) is 5.13. The molecule has 32 heavy (non-hydrogen) atoms. The highest BCUT2D eigenvalue weighted by atomic mass is 19.1. The quantitative estimate of drug-likeness (QED) is 0.390. The van der Waals surface area contributed by atoms with Crippen LogP contribution in [-0.4, -0.2) is 37.1 Å². The zero-order valence-electron chi connectivity index (χ0n) is 18.1. The second-order valence-electron chi connectivity index (χ2n) is 8.74. The monoisotopic (exact) mass is 433 g/mol. The van der Waals surface area contributed by atoms with E-state index in [0.29, 0.717) is 33.9 Å². The first kappa shape index (κ1) is 21.4. The summed E-state index contributed by atoms with van der Waals surface area (Å²) in [5.74, 6) is -0.470. The van der Waals surface area contributed by atoms with Crippen molar-refractivity contribution in [2.75, 3.05) is 5.32 Å². The molecule has 0 saturated heterocycles. The second-order valence-corrected chi connectivity index (χ2v) is 8.74. The van der Waals surface area contributed by atoms with Gasteiger partial charge in [-0.3, -0.25) is 4.79 Å². The van der Waals surface area contributed by atoms with Crippen LogP contribution in [-0.2, 0) is 4.79 Å². The topological polar surface area (TPSA) is 104 Å². The summed E-state index contributed by atoms with van der Waals surface area (Å²) < 4.78 is 13.9. The van der Waals surface area contributed by atoms with Gasteiger partial charge in [0.05, 0.1) is 18.3 Å². The lowest BCUT2D eigenvalue weighted by molar-refractivity contribution is -0.137. The number of anilines is 1. The van der Waals surface area contributed by atoms with Crippen LogP contribution in [0, 0.1) is 11.2 Å². The van der Waals surface area contributed by atoms with E-state index in [2.05, 4.69) is 20.3 Å². The SMILES string of the molecule is CC(C)(C)C(CC(=O)O)Nc1cc(-c2ccccc2)nc(-c2c[nH]c3ncc(F)cc23)n1. The van der Waals surface area contributed by atoms with Crippen molar-refractivity contribution in [1.29, 1.82) is 0 Å². The summed E-state index contributed by atoms with van der Waals surface area (Å²) in [6.07, 6.45) is 2.78. The lowest BCUT2D eigenvalue weighted by atomic mass is 9.84. The van der Waals surface area contributed by atoms with Gasteiger partial charge in [-0.1, -0.05) is 51.1 Å². The van der Waals surface area contributed by atoms with Crippen LogP contribution >= 0.6 is 0 Å². The normalized spacial score (nSPS) is 12.6. The number of nitrogens with zero attached hydrogens (tertiary/aromatic N) is 3. The number of carbonyl (C=O) groups is 1. The van der Waals surface area contributed by atoms with Crippen molar-refractivity contribution in [3.63, 3.8) is 0 Å².